The maximum absolute atomic E-state index is 13.0. The zero-order valence-corrected chi connectivity index (χ0v) is 21.4. The first-order valence-electron chi connectivity index (χ1n) is 12.2. The van der Waals surface area contributed by atoms with E-state index in [-0.39, 0.29) is 12.1 Å². The Kier molecular flexibility index (Phi) is 9.10. The fourth-order valence-electron chi connectivity index (χ4n) is 3.84. The largest absolute Gasteiger partial charge is 0.328 e. The van der Waals surface area contributed by atoms with Crippen LogP contribution >= 0.6 is 0 Å². The fraction of sp³-hybridized carbons (Fsp3) is 0.444. The van der Waals surface area contributed by atoms with E-state index in [0.29, 0.717) is 29.4 Å². The number of fused-ring (bicyclic) bond motifs is 2. The van der Waals surface area contributed by atoms with E-state index in [9.17, 15) is 4.79 Å². The van der Waals surface area contributed by atoms with Crippen molar-refractivity contribution in [2.75, 3.05) is 0 Å². The minimum absolute atomic E-state index is 0.199. The summed E-state index contributed by atoms with van der Waals surface area (Å²) in [5.41, 5.74) is 8.24. The van der Waals surface area contributed by atoms with Crippen LogP contribution in [-0.2, 0) is 13.1 Å². The lowest BCUT2D eigenvalue weighted by Crippen LogP contribution is -2.26. The van der Waals surface area contributed by atoms with Gasteiger partial charge in [0.25, 0.3) is 5.56 Å². The number of aryl methyl sites for hydroxylation is 2. The fourth-order valence-corrected chi connectivity index (χ4v) is 3.84. The van der Waals surface area contributed by atoms with Crippen molar-refractivity contribution in [3.05, 3.63) is 58.2 Å². The Labute approximate surface area is 206 Å². The van der Waals surface area contributed by atoms with Crippen molar-refractivity contribution in [2.45, 2.75) is 79.4 Å². The predicted molar refractivity (Wildman–Crippen MR) is 141 cm³/mol. The summed E-state index contributed by atoms with van der Waals surface area (Å²) in [6.45, 7) is 10.5. The monoisotopic (exact) mass is 473 g/mol. The number of imidazole rings is 1. The number of rotatable bonds is 7. The van der Waals surface area contributed by atoms with Crippen LogP contribution in [0.25, 0.3) is 21.9 Å². The lowest BCUT2D eigenvalue weighted by molar-refractivity contribution is 0.562. The van der Waals surface area contributed by atoms with Crippen molar-refractivity contribution >= 4 is 21.9 Å². The van der Waals surface area contributed by atoms with E-state index in [1.165, 1.54) is 23.9 Å². The third-order valence-corrected chi connectivity index (χ3v) is 5.94. The van der Waals surface area contributed by atoms with Gasteiger partial charge in [0.05, 0.1) is 18.3 Å². The molecule has 0 saturated carbocycles. The molecule has 0 aliphatic heterocycles. The van der Waals surface area contributed by atoms with E-state index >= 15 is 0 Å². The van der Waals surface area contributed by atoms with Crippen LogP contribution in [0.2, 0.25) is 0 Å². The van der Waals surface area contributed by atoms with Crippen LogP contribution in [0.3, 0.4) is 0 Å². The zero-order valence-electron chi connectivity index (χ0n) is 21.4. The number of hydrogen-bond donors (Lipinski definition) is 1. The highest BCUT2D eigenvalue weighted by Gasteiger charge is 2.14. The summed E-state index contributed by atoms with van der Waals surface area (Å²) in [6.07, 6.45) is 6.49. The summed E-state index contributed by atoms with van der Waals surface area (Å²) < 4.78 is 3.20. The highest BCUT2D eigenvalue weighted by atomic mass is 16.1. The Bertz CT molecular complexity index is 1410. The molecule has 8 heteroatoms. The van der Waals surface area contributed by atoms with Crippen LogP contribution in [0.5, 0.6) is 0 Å². The van der Waals surface area contributed by atoms with Gasteiger partial charge in [-0.1, -0.05) is 50.8 Å². The summed E-state index contributed by atoms with van der Waals surface area (Å²) in [6, 6.07) is 8.28. The molecule has 4 rings (SSSR count). The highest BCUT2D eigenvalue weighted by molar-refractivity contribution is 5.80. The van der Waals surface area contributed by atoms with E-state index in [4.69, 9.17) is 5.73 Å². The standard InChI is InChI=1S/C20H18N6O.C7H17N/c1-4-5-10-25-14(3)23-17-11-21-26(20(27)19(17)25)12-18-22-13(2)15-8-6-7-9-16(15)24-18;1-3-5-6-7(8)4-2/h6-9,11H,10,12H2,1-3H3;7H,3-6,8H2,1-2H3. The van der Waals surface area contributed by atoms with Gasteiger partial charge in [-0.25, -0.2) is 19.6 Å². The quantitative estimate of drug-likeness (QED) is 0.405. The first-order chi connectivity index (χ1) is 16.9. The maximum Gasteiger partial charge on any atom is 0.293 e. The number of unbranched alkanes of at least 4 members (excludes halogenated alkanes) is 1. The average Bonchev–Trinajstić information content (AvgIpc) is 3.19. The molecule has 35 heavy (non-hydrogen) atoms. The molecule has 0 fully saturated rings. The molecule has 0 spiro atoms. The van der Waals surface area contributed by atoms with Crippen molar-refractivity contribution in [1.29, 1.82) is 0 Å². The first-order valence-corrected chi connectivity index (χ1v) is 12.2. The highest BCUT2D eigenvalue weighted by Crippen LogP contribution is 2.15. The molecular weight excluding hydrogens is 438 g/mol. The van der Waals surface area contributed by atoms with Crippen molar-refractivity contribution in [3.63, 3.8) is 0 Å². The second-order valence-corrected chi connectivity index (χ2v) is 8.57. The van der Waals surface area contributed by atoms with Gasteiger partial charge in [0.15, 0.2) is 5.82 Å². The Morgan fingerprint density at radius 3 is 2.57 bits per heavy atom. The lowest BCUT2D eigenvalue weighted by Gasteiger charge is -2.07. The van der Waals surface area contributed by atoms with Gasteiger partial charge >= 0.3 is 0 Å². The van der Waals surface area contributed by atoms with Crippen molar-refractivity contribution in [3.8, 4) is 11.8 Å². The molecule has 0 radical (unpaired) electrons. The number of benzene rings is 1. The van der Waals surface area contributed by atoms with E-state index < -0.39 is 0 Å². The van der Waals surface area contributed by atoms with Crippen LogP contribution in [0.1, 0.15) is 63.8 Å². The molecule has 0 aliphatic rings. The van der Waals surface area contributed by atoms with Crippen LogP contribution in [-0.4, -0.2) is 35.3 Å². The molecule has 1 atom stereocenters. The number of nitrogens with zero attached hydrogens (tertiary/aromatic N) is 6. The average molecular weight is 474 g/mol. The van der Waals surface area contributed by atoms with Gasteiger partial charge < -0.3 is 10.3 Å². The SMILES string of the molecule is CC#CCn1c(C)nc2cnn(Cc3nc(C)c4ccccc4n3)c(=O)c21.CCCCC(N)CC. The van der Waals surface area contributed by atoms with E-state index in [0.717, 1.165) is 28.8 Å². The molecule has 2 N–H and O–H groups in total. The zero-order chi connectivity index (χ0) is 25.4. The second-order valence-electron chi connectivity index (χ2n) is 8.57. The van der Waals surface area contributed by atoms with Crippen LogP contribution in [0.4, 0.5) is 0 Å². The molecule has 3 aromatic heterocycles. The molecule has 0 amide bonds. The van der Waals surface area contributed by atoms with Gasteiger partial charge in [-0.05, 0) is 39.7 Å². The van der Waals surface area contributed by atoms with Crippen molar-refractivity contribution in [1.82, 2.24) is 29.3 Å². The van der Waals surface area contributed by atoms with Gasteiger partial charge in [-0.3, -0.25) is 4.79 Å². The van der Waals surface area contributed by atoms with E-state index in [1.807, 2.05) is 42.7 Å². The summed E-state index contributed by atoms with van der Waals surface area (Å²) in [5, 5.41) is 5.26. The van der Waals surface area contributed by atoms with Crippen LogP contribution in [0.15, 0.2) is 35.3 Å². The van der Waals surface area contributed by atoms with Gasteiger partial charge in [-0.2, -0.15) is 5.10 Å². The minimum Gasteiger partial charge on any atom is -0.328 e. The summed E-state index contributed by atoms with van der Waals surface area (Å²) >= 11 is 0. The molecular formula is C27H35N7O. The summed E-state index contributed by atoms with van der Waals surface area (Å²) in [7, 11) is 0. The molecule has 1 unspecified atom stereocenters. The Morgan fingerprint density at radius 1 is 1.09 bits per heavy atom. The Hall–Kier alpha value is -3.57. The van der Waals surface area contributed by atoms with Crippen molar-refractivity contribution in [2.24, 2.45) is 5.73 Å². The Morgan fingerprint density at radius 2 is 1.86 bits per heavy atom. The molecule has 0 bridgehead atoms. The minimum atomic E-state index is -0.222. The topological polar surface area (TPSA) is 105 Å². The summed E-state index contributed by atoms with van der Waals surface area (Å²) in [5.74, 6) is 7.13. The van der Waals surface area contributed by atoms with Gasteiger partial charge in [0, 0.05) is 17.1 Å². The number of hydrogen-bond acceptors (Lipinski definition) is 6. The first kappa shape index (κ1) is 26.0. The molecule has 0 aliphatic carbocycles. The van der Waals surface area contributed by atoms with E-state index in [1.54, 1.807) is 13.1 Å². The van der Waals surface area contributed by atoms with E-state index in [2.05, 4.69) is 45.7 Å². The predicted octanol–water partition coefficient (Wildman–Crippen LogP) is 4.14. The molecule has 8 nitrogen and oxygen atoms in total. The van der Waals surface area contributed by atoms with Crippen LogP contribution in [0, 0.1) is 25.7 Å². The third kappa shape index (κ3) is 6.31. The summed E-state index contributed by atoms with van der Waals surface area (Å²) in [4.78, 5) is 26.5. The Balaban J connectivity index is 0.000000371. The molecule has 4 aromatic rings. The van der Waals surface area contributed by atoms with Crippen LogP contribution < -0.4 is 11.3 Å². The molecule has 184 valence electrons. The molecule has 1 aromatic carbocycles. The normalized spacial score (nSPS) is 11.6. The number of nitrogens with two attached hydrogens (primary N) is 1. The molecule has 0 saturated heterocycles. The second kappa shape index (κ2) is 12.2. The van der Waals surface area contributed by atoms with Crippen molar-refractivity contribution < 1.29 is 0 Å². The van der Waals surface area contributed by atoms with Gasteiger partial charge in [0.1, 0.15) is 23.4 Å². The smallest absolute Gasteiger partial charge is 0.293 e. The number of aromatic nitrogens is 6. The van der Waals surface area contributed by atoms with Gasteiger partial charge in [-0.15, -0.1) is 5.92 Å². The number of para-hydroxylation sites is 1. The molecule has 3 heterocycles. The lowest BCUT2D eigenvalue weighted by atomic mass is 10.1. The van der Waals surface area contributed by atoms with Gasteiger partial charge in [0.2, 0.25) is 0 Å². The maximum atomic E-state index is 13.0. The third-order valence-electron chi connectivity index (χ3n) is 5.94.